The molecule has 6 nitrogen and oxygen atoms in total. The molecule has 0 N–H and O–H groups in total. The minimum absolute atomic E-state index is 0.0992. The summed E-state index contributed by atoms with van der Waals surface area (Å²) in [5.74, 6) is -0.951. The van der Waals surface area contributed by atoms with Gasteiger partial charge < -0.3 is 14.2 Å². The van der Waals surface area contributed by atoms with E-state index in [1.807, 2.05) is 24.3 Å². The largest absolute Gasteiger partial charge is 0.462 e. The second kappa shape index (κ2) is 58.9. The van der Waals surface area contributed by atoms with E-state index < -0.39 is 6.10 Å². The molecular weight excluding hydrogens is 877 g/mol. The number of ether oxygens (including phenoxy) is 3. The summed E-state index contributed by atoms with van der Waals surface area (Å²) >= 11 is 0. The van der Waals surface area contributed by atoms with Crippen molar-refractivity contribution < 1.29 is 28.6 Å². The van der Waals surface area contributed by atoms with Gasteiger partial charge in [0.1, 0.15) is 13.2 Å². The lowest BCUT2D eigenvalue weighted by Gasteiger charge is -2.18. The van der Waals surface area contributed by atoms with Crippen molar-refractivity contribution >= 4 is 17.9 Å². The maximum atomic E-state index is 12.9. The van der Waals surface area contributed by atoms with E-state index >= 15 is 0 Å². The highest BCUT2D eigenvalue weighted by molar-refractivity contribution is 5.71. The molecule has 0 amide bonds. The van der Waals surface area contributed by atoms with Gasteiger partial charge in [0.25, 0.3) is 0 Å². The van der Waals surface area contributed by atoms with Crippen molar-refractivity contribution in [3.05, 3.63) is 97.2 Å². The normalized spacial score (nSPS) is 12.8. The third kappa shape index (κ3) is 57.1. The lowest BCUT2D eigenvalue weighted by Crippen LogP contribution is -2.30. The van der Waals surface area contributed by atoms with Crippen LogP contribution in [-0.2, 0) is 28.6 Å². The predicted octanol–water partition coefficient (Wildman–Crippen LogP) is 20.1. The molecule has 406 valence electrons. The van der Waals surface area contributed by atoms with Gasteiger partial charge in [-0.1, -0.05) is 266 Å². The van der Waals surface area contributed by atoms with Gasteiger partial charge >= 0.3 is 17.9 Å². The fourth-order valence-electron chi connectivity index (χ4n) is 8.16. The van der Waals surface area contributed by atoms with Gasteiger partial charge in [0.05, 0.1) is 0 Å². The van der Waals surface area contributed by atoms with Crippen molar-refractivity contribution in [3.8, 4) is 0 Å². The number of hydrogen-bond acceptors (Lipinski definition) is 6. The van der Waals surface area contributed by atoms with Crippen LogP contribution in [0.1, 0.15) is 278 Å². The fourth-order valence-corrected chi connectivity index (χ4v) is 8.16. The van der Waals surface area contributed by atoms with Gasteiger partial charge in [0.2, 0.25) is 0 Å². The van der Waals surface area contributed by atoms with E-state index in [-0.39, 0.29) is 31.1 Å². The average Bonchev–Trinajstić information content (AvgIpc) is 3.37. The Labute approximate surface area is 438 Å². The van der Waals surface area contributed by atoms with E-state index in [4.69, 9.17) is 14.2 Å². The van der Waals surface area contributed by atoms with Crippen LogP contribution in [0.5, 0.6) is 0 Å². The Balaban J connectivity index is 4.48. The zero-order valence-electron chi connectivity index (χ0n) is 46.5. The molecule has 0 aliphatic carbocycles. The molecule has 0 bridgehead atoms. The summed E-state index contributed by atoms with van der Waals surface area (Å²) in [4.78, 5) is 38.2. The van der Waals surface area contributed by atoms with Crippen LogP contribution in [0.25, 0.3) is 0 Å². The first-order chi connectivity index (χ1) is 35.0. The SMILES string of the molecule is CCC\C=C/C=C\C=C/C=C\C=C/CCCCCCCC(=O)OC(COC(=O)CCCCC/C=C\C=C/CCCCCCCCC)COC(=O)CCCCCCCCC/C=C\CCCCCCCCCC. The van der Waals surface area contributed by atoms with Crippen molar-refractivity contribution in [2.45, 2.75) is 284 Å². The molecule has 0 saturated carbocycles. The van der Waals surface area contributed by atoms with Crippen molar-refractivity contribution in [2.24, 2.45) is 0 Å². The maximum absolute atomic E-state index is 12.9. The average molecular weight is 988 g/mol. The van der Waals surface area contributed by atoms with E-state index in [2.05, 4.69) is 93.7 Å². The predicted molar refractivity (Wildman–Crippen MR) is 307 cm³/mol. The Morgan fingerprint density at radius 2 is 0.549 bits per heavy atom. The molecule has 0 aromatic carbocycles. The number of allylic oxidation sites excluding steroid dienone is 16. The summed E-state index contributed by atoms with van der Waals surface area (Å²) in [6.45, 7) is 6.51. The number of carbonyl (C=O) groups excluding carboxylic acids is 3. The number of carbonyl (C=O) groups is 3. The molecule has 0 aromatic heterocycles. The summed E-state index contributed by atoms with van der Waals surface area (Å²) < 4.78 is 16.8. The molecule has 6 heteroatoms. The van der Waals surface area contributed by atoms with E-state index in [1.165, 1.54) is 141 Å². The molecule has 1 unspecified atom stereocenters. The topological polar surface area (TPSA) is 78.9 Å². The zero-order chi connectivity index (χ0) is 51.4. The van der Waals surface area contributed by atoms with Gasteiger partial charge in [-0.2, -0.15) is 0 Å². The van der Waals surface area contributed by atoms with Gasteiger partial charge in [-0.05, 0) is 89.9 Å². The van der Waals surface area contributed by atoms with Crippen LogP contribution in [0.4, 0.5) is 0 Å². The molecule has 0 aromatic rings. The Bertz CT molecular complexity index is 1410. The maximum Gasteiger partial charge on any atom is 0.306 e. The summed E-state index contributed by atoms with van der Waals surface area (Å²) in [6.07, 6.45) is 78.2. The molecule has 0 radical (unpaired) electrons. The van der Waals surface area contributed by atoms with E-state index in [9.17, 15) is 14.4 Å². The molecule has 71 heavy (non-hydrogen) atoms. The number of rotatable bonds is 53. The molecule has 0 fully saturated rings. The van der Waals surface area contributed by atoms with Crippen molar-refractivity contribution in [1.82, 2.24) is 0 Å². The first-order valence-corrected chi connectivity index (χ1v) is 29.8. The molecule has 0 aliphatic heterocycles. The second-order valence-corrected chi connectivity index (χ2v) is 19.7. The van der Waals surface area contributed by atoms with E-state index in [0.29, 0.717) is 19.3 Å². The Morgan fingerprint density at radius 1 is 0.282 bits per heavy atom. The fraction of sp³-hybridized carbons (Fsp3) is 0.708. The van der Waals surface area contributed by atoms with Crippen LogP contribution < -0.4 is 0 Å². The molecule has 0 spiro atoms. The molecule has 1 atom stereocenters. The molecular formula is C65H110O6. The molecule has 0 heterocycles. The van der Waals surface area contributed by atoms with Crippen LogP contribution in [0, 0.1) is 0 Å². The van der Waals surface area contributed by atoms with E-state index in [0.717, 1.165) is 96.3 Å². The van der Waals surface area contributed by atoms with Crippen LogP contribution in [-0.4, -0.2) is 37.2 Å². The molecule has 0 saturated heterocycles. The first kappa shape index (κ1) is 67.3. The second-order valence-electron chi connectivity index (χ2n) is 19.7. The first-order valence-electron chi connectivity index (χ1n) is 29.8. The summed E-state index contributed by atoms with van der Waals surface area (Å²) in [7, 11) is 0. The van der Waals surface area contributed by atoms with Crippen molar-refractivity contribution in [3.63, 3.8) is 0 Å². The van der Waals surface area contributed by atoms with Gasteiger partial charge in [-0.3, -0.25) is 14.4 Å². The number of hydrogen-bond donors (Lipinski definition) is 0. The van der Waals surface area contributed by atoms with E-state index in [1.54, 1.807) is 0 Å². The summed E-state index contributed by atoms with van der Waals surface area (Å²) in [6, 6.07) is 0. The zero-order valence-corrected chi connectivity index (χ0v) is 46.5. The third-order valence-electron chi connectivity index (χ3n) is 12.7. The van der Waals surface area contributed by atoms with Crippen molar-refractivity contribution in [1.29, 1.82) is 0 Å². The lowest BCUT2D eigenvalue weighted by atomic mass is 10.1. The Kier molecular flexibility index (Phi) is 55.9. The highest BCUT2D eigenvalue weighted by Gasteiger charge is 2.19. The highest BCUT2D eigenvalue weighted by atomic mass is 16.6. The Morgan fingerprint density at radius 3 is 0.915 bits per heavy atom. The standard InChI is InChI=1S/C65H110O6/c1-4-7-10-13-16-19-22-25-28-31-33-35-37-40-43-46-49-52-55-58-64(67)70-61-62(60-69-63(66)57-54-51-48-45-42-39-36-30-27-24-21-18-15-12-9-6-3)71-65(68)59-56-53-50-47-44-41-38-34-32-29-26-23-20-17-14-11-8-5-2/h11,14,17,20,23,26,29-34,36,38-39,42,62H,4-10,12-13,15-16,18-19,21-22,24-25,27-28,35,37,40-41,43-61H2,1-3H3/b14-11-,20-17-,26-23-,32-29-,33-31-,36-30-,38-34-,42-39-. The smallest absolute Gasteiger partial charge is 0.306 e. The van der Waals surface area contributed by atoms with Crippen LogP contribution >= 0.6 is 0 Å². The van der Waals surface area contributed by atoms with Crippen molar-refractivity contribution in [2.75, 3.05) is 13.2 Å². The quantitative estimate of drug-likeness (QED) is 0.0199. The minimum atomic E-state index is -0.806. The van der Waals surface area contributed by atoms with Crippen LogP contribution in [0.3, 0.4) is 0 Å². The van der Waals surface area contributed by atoms with Crippen LogP contribution in [0.2, 0.25) is 0 Å². The summed E-state index contributed by atoms with van der Waals surface area (Å²) in [5.41, 5.74) is 0. The number of unbranched alkanes of at least 4 members (excludes halogenated alkanes) is 31. The third-order valence-corrected chi connectivity index (χ3v) is 12.7. The monoisotopic (exact) mass is 987 g/mol. The summed E-state index contributed by atoms with van der Waals surface area (Å²) in [5, 5.41) is 0. The van der Waals surface area contributed by atoms with Gasteiger partial charge in [0, 0.05) is 19.3 Å². The molecule has 0 rings (SSSR count). The number of esters is 3. The molecule has 0 aliphatic rings. The van der Waals surface area contributed by atoms with Gasteiger partial charge in [0.15, 0.2) is 6.10 Å². The van der Waals surface area contributed by atoms with Gasteiger partial charge in [-0.15, -0.1) is 0 Å². The lowest BCUT2D eigenvalue weighted by molar-refractivity contribution is -0.167. The van der Waals surface area contributed by atoms with Gasteiger partial charge in [-0.25, -0.2) is 0 Å². The highest BCUT2D eigenvalue weighted by Crippen LogP contribution is 2.15. The minimum Gasteiger partial charge on any atom is -0.462 e. The van der Waals surface area contributed by atoms with Crippen LogP contribution in [0.15, 0.2) is 97.2 Å². The Hall–Kier alpha value is -3.67.